The second-order valence-electron chi connectivity index (χ2n) is 3.90. The molecule has 2 N–H and O–H groups in total. The highest BCUT2D eigenvalue weighted by molar-refractivity contribution is 9.10. The lowest BCUT2D eigenvalue weighted by molar-refractivity contribution is 0.454. The number of halogens is 2. The van der Waals surface area contributed by atoms with Crippen molar-refractivity contribution in [3.8, 4) is 11.6 Å². The van der Waals surface area contributed by atoms with E-state index in [1.165, 1.54) is 12.1 Å². The first-order chi connectivity index (χ1) is 8.56. The minimum absolute atomic E-state index is 0.0764. The molecular formula is C13H12BrFN2O. The van der Waals surface area contributed by atoms with Crippen molar-refractivity contribution in [2.24, 2.45) is 5.73 Å². The van der Waals surface area contributed by atoms with Gasteiger partial charge in [0.15, 0.2) is 0 Å². The van der Waals surface area contributed by atoms with Crippen molar-refractivity contribution in [3.63, 3.8) is 0 Å². The third-order valence-corrected chi connectivity index (χ3v) is 3.05. The predicted octanol–water partition coefficient (Wildman–Crippen LogP) is 3.80. The Kier molecular flexibility index (Phi) is 3.93. The second kappa shape index (κ2) is 5.46. The maximum Gasteiger partial charge on any atom is 0.219 e. The average Bonchev–Trinajstić information content (AvgIpc) is 2.34. The number of nitrogens with zero attached hydrogens (tertiary/aromatic N) is 1. The molecule has 1 heterocycles. The zero-order chi connectivity index (χ0) is 13.1. The first kappa shape index (κ1) is 13.0. The van der Waals surface area contributed by atoms with E-state index in [1.54, 1.807) is 18.3 Å². The summed E-state index contributed by atoms with van der Waals surface area (Å²) in [6.45, 7) is 1.88. The summed E-state index contributed by atoms with van der Waals surface area (Å²) >= 11 is 3.29. The fourth-order valence-corrected chi connectivity index (χ4v) is 1.72. The number of hydrogen-bond acceptors (Lipinski definition) is 3. The third kappa shape index (κ3) is 3.05. The lowest BCUT2D eigenvalue weighted by Gasteiger charge is -2.08. The number of aromatic nitrogens is 1. The first-order valence-corrected chi connectivity index (χ1v) is 6.20. The Balaban J connectivity index is 2.21. The molecule has 0 aliphatic heterocycles. The molecule has 1 aromatic heterocycles. The van der Waals surface area contributed by atoms with Gasteiger partial charge in [-0.1, -0.05) is 6.07 Å². The molecule has 0 amide bonds. The van der Waals surface area contributed by atoms with E-state index in [9.17, 15) is 4.39 Å². The molecule has 0 bridgehead atoms. The summed E-state index contributed by atoms with van der Waals surface area (Å²) in [4.78, 5) is 4.12. The summed E-state index contributed by atoms with van der Waals surface area (Å²) in [5, 5.41) is 0. The van der Waals surface area contributed by atoms with Crippen LogP contribution in [0.25, 0.3) is 0 Å². The van der Waals surface area contributed by atoms with Crippen LogP contribution in [0, 0.1) is 5.82 Å². The molecule has 94 valence electrons. The van der Waals surface area contributed by atoms with Crippen LogP contribution in [0.1, 0.15) is 18.5 Å². The lowest BCUT2D eigenvalue weighted by Crippen LogP contribution is -2.05. The molecular weight excluding hydrogens is 299 g/mol. The van der Waals surface area contributed by atoms with E-state index < -0.39 is 0 Å². The Bertz CT molecular complexity index is 543. The first-order valence-electron chi connectivity index (χ1n) is 5.40. The van der Waals surface area contributed by atoms with Gasteiger partial charge >= 0.3 is 0 Å². The summed E-state index contributed by atoms with van der Waals surface area (Å²) in [6, 6.07) is 7.69. The molecule has 5 heteroatoms. The molecule has 0 aliphatic rings. The molecule has 1 unspecified atom stereocenters. The van der Waals surface area contributed by atoms with Gasteiger partial charge in [0.2, 0.25) is 5.88 Å². The van der Waals surface area contributed by atoms with Crippen LogP contribution in [-0.2, 0) is 0 Å². The van der Waals surface area contributed by atoms with E-state index in [-0.39, 0.29) is 11.9 Å². The Morgan fingerprint density at radius 3 is 2.72 bits per heavy atom. The molecule has 2 aromatic rings. The van der Waals surface area contributed by atoms with Crippen molar-refractivity contribution in [1.82, 2.24) is 4.98 Å². The largest absolute Gasteiger partial charge is 0.438 e. The van der Waals surface area contributed by atoms with Crippen molar-refractivity contribution < 1.29 is 9.13 Å². The molecule has 3 nitrogen and oxygen atoms in total. The van der Waals surface area contributed by atoms with Crippen LogP contribution in [0.3, 0.4) is 0 Å². The summed E-state index contributed by atoms with van der Waals surface area (Å²) < 4.78 is 19.2. The summed E-state index contributed by atoms with van der Waals surface area (Å²) in [6.07, 6.45) is 1.65. The van der Waals surface area contributed by atoms with Crippen molar-refractivity contribution >= 4 is 15.9 Å². The quantitative estimate of drug-likeness (QED) is 0.938. The molecule has 18 heavy (non-hydrogen) atoms. The monoisotopic (exact) mass is 310 g/mol. The third-order valence-electron chi connectivity index (χ3n) is 2.39. The molecule has 2 rings (SSSR count). The smallest absolute Gasteiger partial charge is 0.219 e. The topological polar surface area (TPSA) is 48.1 Å². The molecule has 1 aromatic carbocycles. The normalized spacial score (nSPS) is 12.2. The van der Waals surface area contributed by atoms with Crippen molar-refractivity contribution in [2.45, 2.75) is 13.0 Å². The molecule has 0 saturated heterocycles. The highest BCUT2D eigenvalue weighted by Gasteiger charge is 2.06. The highest BCUT2D eigenvalue weighted by atomic mass is 79.9. The van der Waals surface area contributed by atoms with Gasteiger partial charge in [0.05, 0.1) is 4.47 Å². The van der Waals surface area contributed by atoms with Gasteiger partial charge in [-0.15, -0.1) is 0 Å². The fraction of sp³-hybridized carbons (Fsp3) is 0.154. The number of benzene rings is 1. The Hall–Kier alpha value is -1.46. The Labute approximate surface area is 113 Å². The predicted molar refractivity (Wildman–Crippen MR) is 71.0 cm³/mol. The summed E-state index contributed by atoms with van der Waals surface area (Å²) in [7, 11) is 0. The van der Waals surface area contributed by atoms with E-state index in [4.69, 9.17) is 10.5 Å². The number of hydrogen-bond donors (Lipinski definition) is 1. The lowest BCUT2D eigenvalue weighted by atomic mass is 10.2. The second-order valence-corrected chi connectivity index (χ2v) is 4.75. The SMILES string of the molecule is CC(N)c1ccc(Oc2cc(F)ccc2Br)nc1. The Morgan fingerprint density at radius 1 is 1.33 bits per heavy atom. The van der Waals surface area contributed by atoms with Crippen molar-refractivity contribution in [2.75, 3.05) is 0 Å². The van der Waals surface area contributed by atoms with Gasteiger partial charge < -0.3 is 10.5 Å². The van der Waals surface area contributed by atoms with Crippen LogP contribution >= 0.6 is 15.9 Å². The van der Waals surface area contributed by atoms with Gasteiger partial charge in [0, 0.05) is 24.4 Å². The maximum absolute atomic E-state index is 13.1. The Morgan fingerprint density at radius 2 is 2.11 bits per heavy atom. The van der Waals surface area contributed by atoms with Gasteiger partial charge in [0.25, 0.3) is 0 Å². The summed E-state index contributed by atoms with van der Waals surface area (Å²) in [5.41, 5.74) is 6.64. The fourth-order valence-electron chi connectivity index (χ4n) is 1.39. The van der Waals surface area contributed by atoms with Gasteiger partial charge in [-0.2, -0.15) is 0 Å². The van der Waals surface area contributed by atoms with Crippen LogP contribution in [0.4, 0.5) is 4.39 Å². The zero-order valence-corrected chi connectivity index (χ0v) is 11.3. The molecule has 0 aliphatic carbocycles. The molecule has 0 saturated carbocycles. The van der Waals surface area contributed by atoms with E-state index in [0.29, 0.717) is 16.1 Å². The standard InChI is InChI=1S/C13H12BrFN2O/c1-8(16)9-2-5-13(17-7-9)18-12-6-10(15)3-4-11(12)14/h2-8H,16H2,1H3. The van der Waals surface area contributed by atoms with Gasteiger partial charge in [-0.05, 0) is 40.5 Å². The molecule has 0 fully saturated rings. The minimum atomic E-state index is -0.361. The van der Waals surface area contributed by atoms with Crippen LogP contribution in [0.15, 0.2) is 41.0 Å². The van der Waals surface area contributed by atoms with Gasteiger partial charge in [0.1, 0.15) is 11.6 Å². The number of ether oxygens (including phenoxy) is 1. The summed E-state index contributed by atoms with van der Waals surface area (Å²) in [5.74, 6) is 0.419. The minimum Gasteiger partial charge on any atom is -0.438 e. The van der Waals surface area contributed by atoms with Crippen LogP contribution in [0.2, 0.25) is 0 Å². The van der Waals surface area contributed by atoms with Crippen molar-refractivity contribution in [1.29, 1.82) is 0 Å². The van der Waals surface area contributed by atoms with Gasteiger partial charge in [-0.3, -0.25) is 0 Å². The molecule has 0 spiro atoms. The van der Waals surface area contributed by atoms with E-state index >= 15 is 0 Å². The van der Waals surface area contributed by atoms with E-state index in [0.717, 1.165) is 5.56 Å². The van der Waals surface area contributed by atoms with Crippen LogP contribution < -0.4 is 10.5 Å². The molecule has 1 atom stereocenters. The number of pyridine rings is 1. The van der Waals surface area contributed by atoms with Crippen molar-refractivity contribution in [3.05, 3.63) is 52.4 Å². The number of rotatable bonds is 3. The van der Waals surface area contributed by atoms with Gasteiger partial charge in [-0.25, -0.2) is 9.37 Å². The average molecular weight is 311 g/mol. The highest BCUT2D eigenvalue weighted by Crippen LogP contribution is 2.29. The van der Waals surface area contributed by atoms with Crippen LogP contribution in [0.5, 0.6) is 11.6 Å². The van der Waals surface area contributed by atoms with E-state index in [1.807, 2.05) is 13.0 Å². The van der Waals surface area contributed by atoms with Crippen LogP contribution in [-0.4, -0.2) is 4.98 Å². The zero-order valence-electron chi connectivity index (χ0n) is 9.73. The van der Waals surface area contributed by atoms with E-state index in [2.05, 4.69) is 20.9 Å². The molecule has 0 radical (unpaired) electrons. The maximum atomic E-state index is 13.1. The number of nitrogens with two attached hydrogens (primary N) is 1.